The monoisotopic (exact) mass is 364 g/mol. The molecule has 1 aromatic carbocycles. The van der Waals surface area contributed by atoms with E-state index in [1.165, 1.54) is 6.07 Å². The number of likely N-dealkylation sites (N-methyl/N-ethyl adjacent to an activating group) is 1. The molecule has 5 nitrogen and oxygen atoms in total. The Bertz CT molecular complexity index is 602. The zero-order chi connectivity index (χ0) is 18.6. The van der Waals surface area contributed by atoms with E-state index in [1.807, 2.05) is 4.90 Å². The van der Waals surface area contributed by atoms with Crippen LogP contribution in [0, 0.1) is 5.82 Å². The van der Waals surface area contributed by atoms with E-state index in [2.05, 4.69) is 4.74 Å². The Labute approximate surface area is 142 Å². The number of rotatable bonds is 6. The van der Waals surface area contributed by atoms with E-state index in [-0.39, 0.29) is 24.7 Å². The molecule has 9 heteroatoms. The maximum Gasteiger partial charge on any atom is 0.573 e. The minimum Gasteiger partial charge on any atom is -0.480 e. The molecule has 0 saturated carbocycles. The first-order valence-corrected chi connectivity index (χ1v) is 7.83. The predicted octanol–water partition coefficient (Wildman–Crippen LogP) is 2.71. The second-order valence-electron chi connectivity index (χ2n) is 6.08. The van der Waals surface area contributed by atoms with E-state index in [0.29, 0.717) is 25.9 Å². The van der Waals surface area contributed by atoms with Crippen LogP contribution in [0.1, 0.15) is 18.4 Å². The summed E-state index contributed by atoms with van der Waals surface area (Å²) in [6, 6.07) is 3.46. The molecule has 25 heavy (non-hydrogen) atoms. The third-order valence-electron chi connectivity index (χ3n) is 4.25. The molecule has 1 heterocycles. The van der Waals surface area contributed by atoms with Gasteiger partial charge in [-0.3, -0.25) is 14.6 Å². The highest BCUT2D eigenvalue weighted by Gasteiger charge is 2.33. The van der Waals surface area contributed by atoms with Crippen molar-refractivity contribution >= 4 is 5.97 Å². The number of aliphatic carboxylic acids is 1. The minimum atomic E-state index is -4.88. The average molecular weight is 364 g/mol. The smallest absolute Gasteiger partial charge is 0.480 e. The van der Waals surface area contributed by atoms with Gasteiger partial charge in [-0.05, 0) is 45.1 Å². The van der Waals surface area contributed by atoms with Crippen LogP contribution in [0.2, 0.25) is 0 Å². The van der Waals surface area contributed by atoms with Gasteiger partial charge in [0.15, 0.2) is 0 Å². The standard InChI is InChI=1S/C16H20F4N2O3/c1-21(10-15(23)24)11-5-7-22(8-6-11)9-12-13(17)3-2-4-14(12)25-16(18,19)20/h2-4,11H,5-10H2,1H3,(H,23,24). The highest BCUT2D eigenvalue weighted by Crippen LogP contribution is 2.30. The van der Waals surface area contributed by atoms with Crippen LogP contribution in [0.25, 0.3) is 0 Å². The summed E-state index contributed by atoms with van der Waals surface area (Å²) in [6.45, 7) is 1.01. The van der Waals surface area contributed by atoms with Crippen LogP contribution in [0.15, 0.2) is 18.2 Å². The Morgan fingerprint density at radius 1 is 1.36 bits per heavy atom. The number of hydrogen-bond donors (Lipinski definition) is 1. The van der Waals surface area contributed by atoms with E-state index in [4.69, 9.17) is 5.11 Å². The van der Waals surface area contributed by atoms with Crippen molar-refractivity contribution in [3.05, 3.63) is 29.6 Å². The van der Waals surface area contributed by atoms with Gasteiger partial charge in [0, 0.05) is 18.2 Å². The molecule has 1 N–H and O–H groups in total. The van der Waals surface area contributed by atoms with Gasteiger partial charge in [-0.1, -0.05) is 6.07 Å². The summed E-state index contributed by atoms with van der Waals surface area (Å²) in [6.07, 6.45) is -3.56. The first kappa shape index (κ1) is 19.5. The van der Waals surface area contributed by atoms with Gasteiger partial charge in [-0.2, -0.15) is 0 Å². The first-order chi connectivity index (χ1) is 11.7. The molecule has 1 fully saturated rings. The van der Waals surface area contributed by atoms with Gasteiger partial charge in [0.2, 0.25) is 0 Å². The van der Waals surface area contributed by atoms with Crippen LogP contribution in [0.4, 0.5) is 17.6 Å². The first-order valence-electron chi connectivity index (χ1n) is 7.83. The number of hydrogen-bond acceptors (Lipinski definition) is 4. The largest absolute Gasteiger partial charge is 0.573 e. The van der Waals surface area contributed by atoms with E-state index in [1.54, 1.807) is 11.9 Å². The highest BCUT2D eigenvalue weighted by atomic mass is 19.4. The molecule has 1 saturated heterocycles. The maximum atomic E-state index is 14.0. The lowest BCUT2D eigenvalue weighted by Gasteiger charge is -2.36. The summed E-state index contributed by atoms with van der Waals surface area (Å²) in [5.41, 5.74) is -0.128. The van der Waals surface area contributed by atoms with Gasteiger partial charge in [0.1, 0.15) is 11.6 Å². The summed E-state index contributed by atoms with van der Waals surface area (Å²) in [7, 11) is 1.72. The lowest BCUT2D eigenvalue weighted by atomic mass is 10.0. The van der Waals surface area contributed by atoms with Crippen LogP contribution in [-0.4, -0.2) is 60.0 Å². The molecular weight excluding hydrogens is 344 g/mol. The zero-order valence-electron chi connectivity index (χ0n) is 13.7. The van der Waals surface area contributed by atoms with Crippen molar-refractivity contribution in [3.63, 3.8) is 0 Å². The molecule has 1 aliphatic heterocycles. The molecule has 0 aliphatic carbocycles. The second-order valence-corrected chi connectivity index (χ2v) is 6.08. The van der Waals surface area contributed by atoms with Crippen molar-refractivity contribution in [1.82, 2.24) is 9.80 Å². The summed E-state index contributed by atoms with van der Waals surface area (Å²) in [5.74, 6) is -2.19. The van der Waals surface area contributed by atoms with Crippen molar-refractivity contribution in [1.29, 1.82) is 0 Å². The third kappa shape index (κ3) is 5.86. The fourth-order valence-corrected chi connectivity index (χ4v) is 3.00. The summed E-state index contributed by atoms with van der Waals surface area (Å²) >= 11 is 0. The summed E-state index contributed by atoms with van der Waals surface area (Å²) < 4.78 is 55.3. The molecule has 140 valence electrons. The number of carboxylic acids is 1. The molecule has 0 bridgehead atoms. The van der Waals surface area contributed by atoms with Gasteiger partial charge >= 0.3 is 12.3 Å². The number of carboxylic acid groups (broad SMARTS) is 1. The average Bonchev–Trinajstić information content (AvgIpc) is 2.49. The molecule has 1 aliphatic rings. The molecule has 0 amide bonds. The minimum absolute atomic E-state index is 0.00739. The molecule has 0 spiro atoms. The lowest BCUT2D eigenvalue weighted by Crippen LogP contribution is -2.44. The number of nitrogens with zero attached hydrogens (tertiary/aromatic N) is 2. The summed E-state index contributed by atoms with van der Waals surface area (Å²) in [4.78, 5) is 14.3. The topological polar surface area (TPSA) is 53.0 Å². The fourth-order valence-electron chi connectivity index (χ4n) is 3.00. The third-order valence-corrected chi connectivity index (χ3v) is 4.25. The molecule has 2 rings (SSSR count). The molecule has 1 aromatic rings. The van der Waals surface area contributed by atoms with E-state index >= 15 is 0 Å². The van der Waals surface area contributed by atoms with E-state index in [0.717, 1.165) is 12.1 Å². The number of piperidine rings is 1. The van der Waals surface area contributed by atoms with Crippen LogP contribution in [0.3, 0.4) is 0 Å². The number of likely N-dealkylation sites (tertiary alicyclic amines) is 1. The second kappa shape index (κ2) is 8.01. The van der Waals surface area contributed by atoms with Crippen LogP contribution in [-0.2, 0) is 11.3 Å². The van der Waals surface area contributed by atoms with E-state index < -0.39 is 23.9 Å². The van der Waals surface area contributed by atoms with Crippen LogP contribution >= 0.6 is 0 Å². The molecular formula is C16H20F4N2O3. The van der Waals surface area contributed by atoms with Gasteiger partial charge in [-0.15, -0.1) is 13.2 Å². The lowest BCUT2D eigenvalue weighted by molar-refractivity contribution is -0.275. The number of halogens is 4. The Hall–Kier alpha value is -1.87. The van der Waals surface area contributed by atoms with Gasteiger partial charge < -0.3 is 9.84 Å². The van der Waals surface area contributed by atoms with E-state index in [9.17, 15) is 22.4 Å². The van der Waals surface area contributed by atoms with Crippen LogP contribution < -0.4 is 4.74 Å². The normalized spacial score (nSPS) is 17.0. The molecule has 0 atom stereocenters. The Morgan fingerprint density at radius 2 is 2.00 bits per heavy atom. The van der Waals surface area contributed by atoms with Crippen LogP contribution in [0.5, 0.6) is 5.75 Å². The number of benzene rings is 1. The van der Waals surface area contributed by atoms with Crippen molar-refractivity contribution in [2.24, 2.45) is 0 Å². The Kier molecular flexibility index (Phi) is 6.23. The zero-order valence-corrected chi connectivity index (χ0v) is 13.7. The van der Waals surface area contributed by atoms with Crippen molar-refractivity contribution in [3.8, 4) is 5.75 Å². The van der Waals surface area contributed by atoms with Gasteiger partial charge in [-0.25, -0.2) is 4.39 Å². The van der Waals surface area contributed by atoms with Gasteiger partial charge in [0.25, 0.3) is 0 Å². The molecule has 0 unspecified atom stereocenters. The summed E-state index contributed by atoms with van der Waals surface area (Å²) in [5, 5.41) is 8.82. The maximum absolute atomic E-state index is 14.0. The number of alkyl halides is 3. The van der Waals surface area contributed by atoms with Gasteiger partial charge in [0.05, 0.1) is 6.54 Å². The number of ether oxygens (including phenoxy) is 1. The predicted molar refractivity (Wildman–Crippen MR) is 81.6 cm³/mol. The quantitative estimate of drug-likeness (QED) is 0.787. The van der Waals surface area contributed by atoms with Crippen molar-refractivity contribution < 1.29 is 32.2 Å². The molecule has 0 radical (unpaired) electrons. The number of carbonyl (C=O) groups is 1. The van der Waals surface area contributed by atoms with Crippen molar-refractivity contribution in [2.75, 3.05) is 26.7 Å². The fraction of sp³-hybridized carbons (Fsp3) is 0.562. The molecule has 0 aromatic heterocycles. The Balaban J connectivity index is 1.99. The SMILES string of the molecule is CN(CC(=O)O)C1CCN(Cc2c(F)cccc2OC(F)(F)F)CC1. The Morgan fingerprint density at radius 3 is 2.56 bits per heavy atom. The van der Waals surface area contributed by atoms with Crippen molar-refractivity contribution in [2.45, 2.75) is 31.8 Å². The highest BCUT2D eigenvalue weighted by molar-refractivity contribution is 5.69.